The summed E-state index contributed by atoms with van der Waals surface area (Å²) in [6, 6.07) is 0. The van der Waals surface area contributed by atoms with Gasteiger partial charge in [0.15, 0.2) is 6.10 Å². The molecule has 0 aromatic carbocycles. The van der Waals surface area contributed by atoms with Crippen molar-refractivity contribution < 1.29 is 30.0 Å². The van der Waals surface area contributed by atoms with Crippen molar-refractivity contribution in [1.82, 2.24) is 0 Å². The lowest BCUT2D eigenvalue weighted by Gasteiger charge is -2.24. The highest BCUT2D eigenvalue weighted by molar-refractivity contribution is 5.69. The molecular weight excluding hydrogens is 192 g/mol. The third kappa shape index (κ3) is 4.01. The van der Waals surface area contributed by atoms with Crippen LogP contribution in [0.25, 0.3) is 0 Å². The number of rotatable bonds is 6. The van der Waals surface area contributed by atoms with Crippen molar-refractivity contribution in [2.45, 2.75) is 31.7 Å². The Labute approximate surface area is 81.7 Å². The van der Waals surface area contributed by atoms with Crippen molar-refractivity contribution >= 4 is 5.97 Å². The zero-order chi connectivity index (χ0) is 11.1. The summed E-state index contributed by atoms with van der Waals surface area (Å²) in [5.41, 5.74) is 0. The maximum absolute atomic E-state index is 10.9. The molecule has 0 aromatic heterocycles. The van der Waals surface area contributed by atoms with E-state index in [0.29, 0.717) is 0 Å². The molecule has 0 aliphatic carbocycles. The van der Waals surface area contributed by atoms with E-state index in [9.17, 15) is 4.79 Å². The molecule has 0 spiro atoms. The first-order valence-corrected chi connectivity index (χ1v) is 4.34. The van der Waals surface area contributed by atoms with Gasteiger partial charge in [-0.2, -0.15) is 0 Å². The van der Waals surface area contributed by atoms with Gasteiger partial charge >= 0.3 is 5.97 Å². The molecule has 0 radical (unpaired) electrons. The van der Waals surface area contributed by atoms with E-state index in [1.165, 1.54) is 0 Å². The standard InChI is InChI=1S/C8H16O6/c1-2-7(13)14-8(5(11)3-9)6(12)4-10/h5-6,8-12H,2-4H2,1H3. The van der Waals surface area contributed by atoms with Crippen molar-refractivity contribution in [1.29, 1.82) is 0 Å². The number of hydrogen-bond acceptors (Lipinski definition) is 6. The van der Waals surface area contributed by atoms with Crippen LogP contribution in [0.2, 0.25) is 0 Å². The Morgan fingerprint density at radius 3 is 1.93 bits per heavy atom. The molecule has 0 saturated carbocycles. The highest BCUT2D eigenvalue weighted by atomic mass is 16.6. The summed E-state index contributed by atoms with van der Waals surface area (Å²) >= 11 is 0. The fraction of sp³-hybridized carbons (Fsp3) is 0.875. The van der Waals surface area contributed by atoms with Gasteiger partial charge in [0.25, 0.3) is 0 Å². The Bertz CT molecular complexity index is 161. The van der Waals surface area contributed by atoms with Gasteiger partial charge in [-0.25, -0.2) is 0 Å². The molecule has 0 bridgehead atoms. The maximum Gasteiger partial charge on any atom is 0.305 e. The summed E-state index contributed by atoms with van der Waals surface area (Å²) in [4.78, 5) is 10.9. The molecule has 0 amide bonds. The average molecular weight is 208 g/mol. The Morgan fingerprint density at radius 1 is 1.21 bits per heavy atom. The van der Waals surface area contributed by atoms with Crippen LogP contribution in [0.15, 0.2) is 0 Å². The maximum atomic E-state index is 10.9. The van der Waals surface area contributed by atoms with Crippen LogP contribution in [0.4, 0.5) is 0 Å². The van der Waals surface area contributed by atoms with Crippen LogP contribution < -0.4 is 0 Å². The Morgan fingerprint density at radius 2 is 1.64 bits per heavy atom. The van der Waals surface area contributed by atoms with Crippen molar-refractivity contribution in [3.63, 3.8) is 0 Å². The Balaban J connectivity index is 4.31. The van der Waals surface area contributed by atoms with E-state index in [4.69, 9.17) is 20.4 Å². The van der Waals surface area contributed by atoms with E-state index in [1.54, 1.807) is 6.92 Å². The number of aliphatic hydroxyl groups excluding tert-OH is 4. The van der Waals surface area contributed by atoms with Gasteiger partial charge in [-0.3, -0.25) is 4.79 Å². The molecule has 4 N–H and O–H groups in total. The van der Waals surface area contributed by atoms with Crippen molar-refractivity contribution in [3.05, 3.63) is 0 Å². The van der Waals surface area contributed by atoms with Gasteiger partial charge in [0.1, 0.15) is 12.2 Å². The van der Waals surface area contributed by atoms with E-state index in [1.807, 2.05) is 0 Å². The lowest BCUT2D eigenvalue weighted by atomic mass is 10.1. The highest BCUT2D eigenvalue weighted by Gasteiger charge is 2.29. The van der Waals surface area contributed by atoms with Gasteiger partial charge < -0.3 is 25.2 Å². The Kier molecular flexibility index (Phi) is 6.39. The zero-order valence-corrected chi connectivity index (χ0v) is 7.96. The van der Waals surface area contributed by atoms with Crippen LogP contribution in [0.1, 0.15) is 13.3 Å². The lowest BCUT2D eigenvalue weighted by Crippen LogP contribution is -2.44. The molecule has 0 aromatic rings. The second-order valence-corrected chi connectivity index (χ2v) is 2.81. The summed E-state index contributed by atoms with van der Waals surface area (Å²) < 4.78 is 4.65. The predicted octanol–water partition coefficient (Wildman–Crippen LogP) is -1.99. The van der Waals surface area contributed by atoms with Crippen LogP contribution in [-0.4, -0.2) is 57.9 Å². The van der Waals surface area contributed by atoms with Crippen LogP contribution in [-0.2, 0) is 9.53 Å². The summed E-state index contributed by atoms with van der Waals surface area (Å²) in [6.07, 6.45) is -4.00. The second kappa shape index (κ2) is 6.72. The van der Waals surface area contributed by atoms with E-state index in [2.05, 4.69) is 4.74 Å². The van der Waals surface area contributed by atoms with Crippen molar-refractivity contribution in [2.24, 2.45) is 0 Å². The molecule has 6 nitrogen and oxygen atoms in total. The molecule has 2 unspecified atom stereocenters. The quantitative estimate of drug-likeness (QED) is 0.377. The monoisotopic (exact) mass is 208 g/mol. The first-order valence-electron chi connectivity index (χ1n) is 4.34. The van der Waals surface area contributed by atoms with Crippen LogP contribution in [0.5, 0.6) is 0 Å². The number of aliphatic hydroxyl groups is 4. The third-order valence-corrected chi connectivity index (χ3v) is 1.69. The van der Waals surface area contributed by atoms with Crippen molar-refractivity contribution in [3.8, 4) is 0 Å². The van der Waals surface area contributed by atoms with E-state index in [0.717, 1.165) is 0 Å². The number of ether oxygens (including phenoxy) is 1. The highest BCUT2D eigenvalue weighted by Crippen LogP contribution is 2.06. The first-order chi connectivity index (χ1) is 6.56. The van der Waals surface area contributed by atoms with E-state index < -0.39 is 37.5 Å². The normalized spacial score (nSPS) is 17.2. The molecule has 0 fully saturated rings. The molecule has 6 heteroatoms. The van der Waals surface area contributed by atoms with Crippen LogP contribution in [0.3, 0.4) is 0 Å². The van der Waals surface area contributed by atoms with Crippen LogP contribution >= 0.6 is 0 Å². The SMILES string of the molecule is CCC(=O)OC(C(O)CO)C(O)CO. The van der Waals surface area contributed by atoms with Gasteiger partial charge in [-0.05, 0) is 0 Å². The Hall–Kier alpha value is -0.690. The van der Waals surface area contributed by atoms with Gasteiger partial charge in [0.2, 0.25) is 0 Å². The minimum absolute atomic E-state index is 0.0901. The third-order valence-electron chi connectivity index (χ3n) is 1.69. The molecule has 14 heavy (non-hydrogen) atoms. The fourth-order valence-corrected chi connectivity index (χ4v) is 0.856. The van der Waals surface area contributed by atoms with Crippen molar-refractivity contribution in [2.75, 3.05) is 13.2 Å². The first kappa shape index (κ1) is 13.3. The van der Waals surface area contributed by atoms with Gasteiger partial charge in [-0.1, -0.05) is 6.92 Å². The lowest BCUT2D eigenvalue weighted by molar-refractivity contribution is -0.169. The smallest absolute Gasteiger partial charge is 0.305 e. The summed E-state index contributed by atoms with van der Waals surface area (Å²) in [7, 11) is 0. The zero-order valence-electron chi connectivity index (χ0n) is 7.96. The molecule has 0 heterocycles. The minimum Gasteiger partial charge on any atom is -0.457 e. The van der Waals surface area contributed by atoms with E-state index in [-0.39, 0.29) is 6.42 Å². The molecule has 0 aliphatic rings. The molecular formula is C8H16O6. The molecule has 2 atom stereocenters. The molecule has 0 rings (SSSR count). The number of esters is 1. The topological polar surface area (TPSA) is 107 Å². The molecule has 0 aliphatic heterocycles. The van der Waals surface area contributed by atoms with Gasteiger partial charge in [-0.15, -0.1) is 0 Å². The van der Waals surface area contributed by atoms with Gasteiger partial charge in [0.05, 0.1) is 13.2 Å². The minimum atomic E-state index is -1.40. The number of hydrogen-bond donors (Lipinski definition) is 4. The summed E-state index contributed by atoms with van der Waals surface area (Å²) in [6.45, 7) is 0.244. The largest absolute Gasteiger partial charge is 0.457 e. The average Bonchev–Trinajstić information content (AvgIpc) is 2.23. The predicted molar refractivity (Wildman–Crippen MR) is 46.4 cm³/mol. The molecule has 0 saturated heterocycles. The van der Waals surface area contributed by atoms with Crippen LogP contribution in [0, 0.1) is 0 Å². The number of carbonyl (C=O) groups is 1. The summed E-state index contributed by atoms with van der Waals surface area (Å²) in [5, 5.41) is 35.5. The summed E-state index contributed by atoms with van der Waals surface area (Å²) in [5.74, 6) is -0.616. The fourth-order valence-electron chi connectivity index (χ4n) is 0.856. The number of carbonyl (C=O) groups excluding carboxylic acids is 1. The van der Waals surface area contributed by atoms with Gasteiger partial charge in [0, 0.05) is 6.42 Å². The molecule has 84 valence electrons. The second-order valence-electron chi connectivity index (χ2n) is 2.81. The van der Waals surface area contributed by atoms with E-state index >= 15 is 0 Å².